The zero-order valence-electron chi connectivity index (χ0n) is 12.0. The number of fused-ring (bicyclic) bond motifs is 1. The lowest BCUT2D eigenvalue weighted by molar-refractivity contribution is 0.714. The summed E-state index contributed by atoms with van der Waals surface area (Å²) >= 11 is 0. The number of para-hydroxylation sites is 1. The Labute approximate surface area is 119 Å². The van der Waals surface area contributed by atoms with Crippen LogP contribution in [0.4, 0.5) is 0 Å². The van der Waals surface area contributed by atoms with E-state index in [1.807, 2.05) is 19.6 Å². The molecule has 0 aliphatic rings. The van der Waals surface area contributed by atoms with Gasteiger partial charge in [0, 0.05) is 36.9 Å². The highest BCUT2D eigenvalue weighted by atomic mass is 15.1. The summed E-state index contributed by atoms with van der Waals surface area (Å²) in [6, 6.07) is 8.58. The van der Waals surface area contributed by atoms with Crippen molar-refractivity contribution in [1.82, 2.24) is 19.4 Å². The fraction of sp³-hybridized carbons (Fsp3) is 0.312. The number of aryl methyl sites for hydroxylation is 1. The van der Waals surface area contributed by atoms with E-state index in [9.17, 15) is 0 Å². The molecule has 4 heteroatoms. The van der Waals surface area contributed by atoms with E-state index in [1.165, 1.54) is 22.2 Å². The van der Waals surface area contributed by atoms with E-state index < -0.39 is 0 Å². The third-order valence-corrected chi connectivity index (χ3v) is 3.69. The van der Waals surface area contributed by atoms with Crippen molar-refractivity contribution in [2.24, 2.45) is 7.05 Å². The summed E-state index contributed by atoms with van der Waals surface area (Å²) in [5.41, 5.74) is 3.84. The van der Waals surface area contributed by atoms with Crippen LogP contribution in [0.25, 0.3) is 10.9 Å². The van der Waals surface area contributed by atoms with E-state index in [4.69, 9.17) is 0 Å². The summed E-state index contributed by atoms with van der Waals surface area (Å²) in [6.07, 6.45) is 6.03. The number of nitrogens with one attached hydrogen (secondary N) is 1. The van der Waals surface area contributed by atoms with Gasteiger partial charge in [-0.3, -0.25) is 0 Å². The molecule has 2 heterocycles. The van der Waals surface area contributed by atoms with Gasteiger partial charge >= 0.3 is 0 Å². The van der Waals surface area contributed by atoms with Crippen molar-refractivity contribution in [3.8, 4) is 0 Å². The summed E-state index contributed by atoms with van der Waals surface area (Å²) < 4.78 is 4.37. The van der Waals surface area contributed by atoms with Crippen LogP contribution in [0.1, 0.15) is 18.2 Å². The highest BCUT2D eigenvalue weighted by Crippen LogP contribution is 2.22. The minimum atomic E-state index is 0.850. The molecule has 104 valence electrons. The zero-order valence-corrected chi connectivity index (χ0v) is 12.0. The maximum Gasteiger partial charge on any atom is 0.0946 e. The smallest absolute Gasteiger partial charge is 0.0946 e. The van der Waals surface area contributed by atoms with E-state index in [1.54, 1.807) is 0 Å². The predicted molar refractivity (Wildman–Crippen MR) is 81.6 cm³/mol. The molecule has 0 saturated heterocycles. The van der Waals surface area contributed by atoms with Gasteiger partial charge in [0.15, 0.2) is 0 Å². The van der Waals surface area contributed by atoms with Crippen LogP contribution in [0.3, 0.4) is 0 Å². The fourth-order valence-corrected chi connectivity index (χ4v) is 2.57. The minimum absolute atomic E-state index is 0.850. The van der Waals surface area contributed by atoms with Gasteiger partial charge in [-0.15, -0.1) is 0 Å². The van der Waals surface area contributed by atoms with Gasteiger partial charge in [0.25, 0.3) is 0 Å². The molecule has 4 nitrogen and oxygen atoms in total. The van der Waals surface area contributed by atoms with Gasteiger partial charge in [0.2, 0.25) is 0 Å². The van der Waals surface area contributed by atoms with Crippen molar-refractivity contribution in [2.75, 3.05) is 6.54 Å². The van der Waals surface area contributed by atoms with E-state index in [0.29, 0.717) is 0 Å². The molecule has 0 amide bonds. The van der Waals surface area contributed by atoms with E-state index in [0.717, 1.165) is 19.6 Å². The molecule has 0 fully saturated rings. The second-order valence-electron chi connectivity index (χ2n) is 5.08. The minimum Gasteiger partial charge on any atom is -0.341 e. The lowest BCUT2D eigenvalue weighted by Gasteiger charge is -2.05. The molecule has 0 aliphatic carbocycles. The number of hydrogen-bond acceptors (Lipinski definition) is 2. The van der Waals surface area contributed by atoms with Crippen LogP contribution in [0, 0.1) is 0 Å². The SMILES string of the molecule is CCNCc1cn(Cc2cncn2C)c2ccccc12. The highest BCUT2D eigenvalue weighted by molar-refractivity contribution is 5.84. The van der Waals surface area contributed by atoms with Crippen LogP contribution < -0.4 is 5.32 Å². The first-order valence-electron chi connectivity index (χ1n) is 7.02. The van der Waals surface area contributed by atoms with Crippen LogP contribution in [0.15, 0.2) is 43.0 Å². The number of hydrogen-bond donors (Lipinski definition) is 1. The Bertz CT molecular complexity index is 708. The van der Waals surface area contributed by atoms with E-state index in [-0.39, 0.29) is 0 Å². The quantitative estimate of drug-likeness (QED) is 0.771. The maximum atomic E-state index is 4.19. The van der Waals surface area contributed by atoms with Gasteiger partial charge < -0.3 is 14.5 Å². The summed E-state index contributed by atoms with van der Waals surface area (Å²) in [6.45, 7) is 4.88. The molecule has 3 rings (SSSR count). The van der Waals surface area contributed by atoms with Gasteiger partial charge in [-0.05, 0) is 18.2 Å². The molecular formula is C16H20N4. The van der Waals surface area contributed by atoms with Crippen molar-refractivity contribution in [3.05, 3.63) is 54.2 Å². The third kappa shape index (κ3) is 2.34. The lowest BCUT2D eigenvalue weighted by atomic mass is 10.2. The lowest BCUT2D eigenvalue weighted by Crippen LogP contribution is -2.11. The van der Waals surface area contributed by atoms with Crippen molar-refractivity contribution in [2.45, 2.75) is 20.0 Å². The second kappa shape index (κ2) is 5.51. The predicted octanol–water partition coefficient (Wildman–Crippen LogP) is 2.53. The molecule has 0 bridgehead atoms. The van der Waals surface area contributed by atoms with Crippen LogP contribution >= 0.6 is 0 Å². The number of rotatable bonds is 5. The zero-order chi connectivity index (χ0) is 13.9. The molecule has 1 aromatic carbocycles. The monoisotopic (exact) mass is 268 g/mol. The molecule has 0 aliphatic heterocycles. The first kappa shape index (κ1) is 12.9. The number of nitrogens with zero attached hydrogens (tertiary/aromatic N) is 3. The molecule has 20 heavy (non-hydrogen) atoms. The van der Waals surface area contributed by atoms with Gasteiger partial charge in [-0.1, -0.05) is 25.1 Å². The average molecular weight is 268 g/mol. The topological polar surface area (TPSA) is 34.8 Å². The number of aromatic nitrogens is 3. The van der Waals surface area contributed by atoms with Crippen molar-refractivity contribution in [1.29, 1.82) is 0 Å². The molecule has 2 aromatic heterocycles. The van der Waals surface area contributed by atoms with Crippen molar-refractivity contribution >= 4 is 10.9 Å². The molecule has 0 saturated carbocycles. The fourth-order valence-electron chi connectivity index (χ4n) is 2.57. The van der Waals surface area contributed by atoms with Crippen LogP contribution in [-0.2, 0) is 20.1 Å². The Hall–Kier alpha value is -2.07. The van der Waals surface area contributed by atoms with Gasteiger partial charge in [0.1, 0.15) is 0 Å². The molecule has 0 radical (unpaired) electrons. The van der Waals surface area contributed by atoms with Gasteiger partial charge in [-0.25, -0.2) is 4.98 Å². The van der Waals surface area contributed by atoms with Crippen LogP contribution in [-0.4, -0.2) is 20.7 Å². The van der Waals surface area contributed by atoms with Crippen molar-refractivity contribution < 1.29 is 0 Å². The van der Waals surface area contributed by atoms with Gasteiger partial charge in [-0.2, -0.15) is 0 Å². The number of imidazole rings is 1. The Morgan fingerprint density at radius 1 is 1.25 bits per heavy atom. The molecule has 0 atom stereocenters. The Kier molecular flexibility index (Phi) is 3.56. The third-order valence-electron chi connectivity index (χ3n) is 3.69. The summed E-state index contributed by atoms with van der Waals surface area (Å²) in [7, 11) is 2.04. The first-order chi connectivity index (χ1) is 9.79. The molecule has 1 N–H and O–H groups in total. The highest BCUT2D eigenvalue weighted by Gasteiger charge is 2.09. The van der Waals surface area contributed by atoms with E-state index in [2.05, 4.69) is 56.8 Å². The Morgan fingerprint density at radius 3 is 2.85 bits per heavy atom. The normalized spacial score (nSPS) is 11.3. The maximum absolute atomic E-state index is 4.19. The number of benzene rings is 1. The van der Waals surface area contributed by atoms with Crippen LogP contribution in [0.5, 0.6) is 0 Å². The van der Waals surface area contributed by atoms with Crippen LogP contribution in [0.2, 0.25) is 0 Å². The Balaban J connectivity index is 2.00. The first-order valence-corrected chi connectivity index (χ1v) is 7.02. The molecule has 0 unspecified atom stereocenters. The van der Waals surface area contributed by atoms with E-state index >= 15 is 0 Å². The molecule has 0 spiro atoms. The van der Waals surface area contributed by atoms with Gasteiger partial charge in [0.05, 0.1) is 18.6 Å². The summed E-state index contributed by atoms with van der Waals surface area (Å²) in [5.74, 6) is 0. The molecular weight excluding hydrogens is 248 g/mol. The molecule has 3 aromatic rings. The summed E-state index contributed by atoms with van der Waals surface area (Å²) in [5, 5.41) is 4.74. The Morgan fingerprint density at radius 2 is 2.10 bits per heavy atom. The summed E-state index contributed by atoms with van der Waals surface area (Å²) in [4.78, 5) is 4.19. The largest absolute Gasteiger partial charge is 0.341 e. The van der Waals surface area contributed by atoms with Crippen molar-refractivity contribution in [3.63, 3.8) is 0 Å². The second-order valence-corrected chi connectivity index (χ2v) is 5.08. The average Bonchev–Trinajstić information content (AvgIpc) is 3.02. The standard InChI is InChI=1S/C16H20N4/c1-3-17-8-13-10-20(11-14-9-18-12-19(14)2)16-7-5-4-6-15(13)16/h4-7,9-10,12,17H,3,8,11H2,1-2H3.